The Balaban J connectivity index is 1.34. The van der Waals surface area contributed by atoms with Gasteiger partial charge in [0.15, 0.2) is 11.4 Å². The van der Waals surface area contributed by atoms with E-state index in [0.717, 1.165) is 0 Å². The van der Waals surface area contributed by atoms with Crippen LogP contribution in [0.5, 0.6) is 5.75 Å². The van der Waals surface area contributed by atoms with Crippen LogP contribution in [0.3, 0.4) is 0 Å². The molecule has 10 atom stereocenters. The minimum atomic E-state index is -2.16. The summed E-state index contributed by atoms with van der Waals surface area (Å²) in [7, 11) is 1.53. The lowest BCUT2D eigenvalue weighted by atomic mass is 9.21. The quantitative estimate of drug-likeness (QED) is 0.428. The highest BCUT2D eigenvalue weighted by Gasteiger charge is 2.97. The minimum absolute atomic E-state index is 0.0727. The molecule has 7 fully saturated rings. The maximum absolute atomic E-state index is 14.7. The Morgan fingerprint density at radius 2 is 1.80 bits per heavy atom. The van der Waals surface area contributed by atoms with Crippen LogP contribution in [0.4, 0.5) is 0 Å². The van der Waals surface area contributed by atoms with Gasteiger partial charge >= 0.3 is 11.9 Å². The highest BCUT2D eigenvalue weighted by molar-refractivity contribution is 6.10. The topological polar surface area (TPSA) is 129 Å². The zero-order chi connectivity index (χ0) is 28.6. The number of aliphatic hydroxyl groups is 2. The third-order valence-electron chi connectivity index (χ3n) is 11.7. The van der Waals surface area contributed by atoms with Crippen LogP contribution in [-0.4, -0.2) is 65.2 Å². The molecule has 2 heterocycles. The van der Waals surface area contributed by atoms with Crippen molar-refractivity contribution in [1.82, 2.24) is 0 Å². The van der Waals surface area contributed by atoms with Gasteiger partial charge in [0.05, 0.1) is 19.3 Å². The minimum Gasteiger partial charge on any atom is -0.497 e. The lowest BCUT2D eigenvalue weighted by Gasteiger charge is -2.84. The highest BCUT2D eigenvalue weighted by Crippen LogP contribution is 2.85. The number of benzene rings is 1. The number of rotatable bonds is 4. The largest absolute Gasteiger partial charge is 0.497 e. The summed E-state index contributed by atoms with van der Waals surface area (Å²) < 4.78 is 23.3. The van der Waals surface area contributed by atoms with E-state index in [2.05, 4.69) is 20.4 Å². The Labute approximate surface area is 232 Å². The summed E-state index contributed by atoms with van der Waals surface area (Å²) in [6.45, 7) is 9.74. The summed E-state index contributed by atoms with van der Waals surface area (Å²) in [6.07, 6.45) is 0.559. The Bertz CT molecular complexity index is 1350. The fourth-order valence-corrected chi connectivity index (χ4v) is 10.5. The molecule has 2 N–H and O–H groups in total. The Morgan fingerprint density at radius 1 is 1.10 bits per heavy atom. The monoisotopic (exact) mass is 552 g/mol. The zero-order valence-corrected chi connectivity index (χ0v) is 23.3. The summed E-state index contributed by atoms with van der Waals surface area (Å²) in [5, 5.41) is 24.3. The second kappa shape index (κ2) is 7.75. The van der Waals surface area contributed by atoms with Crippen LogP contribution in [0.15, 0.2) is 36.4 Å². The molecule has 7 aliphatic rings. The molecular formula is C31H36O9. The van der Waals surface area contributed by atoms with Crippen LogP contribution in [0.25, 0.3) is 0 Å². The van der Waals surface area contributed by atoms with Gasteiger partial charge in [-0.05, 0) is 72.8 Å². The number of methoxy groups -OCH3 is 1. The number of Topliss-reactive ketones (excluding diaryl/α,β-unsaturated/α-hetero) is 1. The first-order valence-electron chi connectivity index (χ1n) is 14.2. The number of carbonyl (C=O) groups is 3. The number of hydrogen-bond donors (Lipinski definition) is 2. The number of esters is 2. The number of fused-ring (bicyclic) bond motifs is 1. The van der Waals surface area contributed by atoms with Crippen molar-refractivity contribution in [3.8, 4) is 5.75 Å². The van der Waals surface area contributed by atoms with E-state index in [1.807, 2.05) is 0 Å². The number of ketones is 1. The molecule has 10 unspecified atom stereocenters. The van der Waals surface area contributed by atoms with Crippen LogP contribution in [0.2, 0.25) is 0 Å². The van der Waals surface area contributed by atoms with Crippen LogP contribution >= 0.6 is 0 Å². The van der Waals surface area contributed by atoms with Gasteiger partial charge in [0.1, 0.15) is 23.4 Å². The summed E-state index contributed by atoms with van der Waals surface area (Å²) in [5.74, 6) is -4.80. The lowest BCUT2D eigenvalue weighted by Crippen LogP contribution is -2.97. The van der Waals surface area contributed by atoms with E-state index in [0.29, 0.717) is 37.0 Å². The van der Waals surface area contributed by atoms with Crippen LogP contribution in [-0.2, 0) is 23.8 Å². The average molecular weight is 553 g/mol. The number of ether oxygens (including phenoxy) is 4. The zero-order valence-electron chi connectivity index (χ0n) is 23.3. The molecule has 40 heavy (non-hydrogen) atoms. The molecule has 2 aliphatic heterocycles. The molecular weight excluding hydrogens is 516 g/mol. The molecule has 2 bridgehead atoms. The number of hydrogen-bond acceptors (Lipinski definition) is 9. The predicted octanol–water partition coefficient (Wildman–Crippen LogP) is 2.82. The molecule has 0 radical (unpaired) electrons. The van der Waals surface area contributed by atoms with Crippen molar-refractivity contribution in [1.29, 1.82) is 0 Å². The van der Waals surface area contributed by atoms with Gasteiger partial charge in [0.25, 0.3) is 0 Å². The Kier molecular flexibility index (Phi) is 5.07. The second-order valence-electron chi connectivity index (χ2n) is 13.4. The molecule has 5 aliphatic carbocycles. The van der Waals surface area contributed by atoms with E-state index in [4.69, 9.17) is 18.9 Å². The molecule has 214 valence electrons. The van der Waals surface area contributed by atoms with Crippen molar-refractivity contribution in [3.05, 3.63) is 42.0 Å². The number of carbonyl (C=O) groups excluding carboxylic acids is 3. The molecule has 9 nitrogen and oxygen atoms in total. The van der Waals surface area contributed by atoms with Crippen LogP contribution in [0.1, 0.15) is 56.8 Å². The predicted molar refractivity (Wildman–Crippen MR) is 139 cm³/mol. The van der Waals surface area contributed by atoms with E-state index in [-0.39, 0.29) is 18.1 Å². The molecule has 9 heteroatoms. The van der Waals surface area contributed by atoms with E-state index in [1.54, 1.807) is 24.3 Å². The van der Waals surface area contributed by atoms with E-state index in [1.165, 1.54) is 14.0 Å². The fourth-order valence-electron chi connectivity index (χ4n) is 10.5. The van der Waals surface area contributed by atoms with Crippen molar-refractivity contribution in [2.75, 3.05) is 13.7 Å². The van der Waals surface area contributed by atoms with Crippen molar-refractivity contribution in [3.63, 3.8) is 0 Å². The molecule has 0 amide bonds. The van der Waals surface area contributed by atoms with Gasteiger partial charge in [-0.2, -0.15) is 0 Å². The molecule has 5 saturated carbocycles. The van der Waals surface area contributed by atoms with Gasteiger partial charge in [-0.1, -0.05) is 20.4 Å². The fraction of sp³-hybridized carbons (Fsp3) is 0.645. The maximum Gasteiger partial charge on any atom is 0.339 e. The summed E-state index contributed by atoms with van der Waals surface area (Å²) in [4.78, 5) is 40.3. The van der Waals surface area contributed by atoms with Crippen LogP contribution < -0.4 is 4.74 Å². The first-order valence-corrected chi connectivity index (χ1v) is 14.2. The molecule has 2 saturated heterocycles. The van der Waals surface area contributed by atoms with Gasteiger partial charge in [-0.15, -0.1) is 0 Å². The SMILES string of the molecule is C=C1C2CCC3C45COC(O)(C(O)C4C(C)(C)CCC5OC(C)=O)C34C(=O)C1(OC(=O)c1ccc(OC)cc1)C24. The van der Waals surface area contributed by atoms with Crippen LogP contribution in [0, 0.1) is 39.9 Å². The Morgan fingerprint density at radius 3 is 2.45 bits per heavy atom. The van der Waals surface area contributed by atoms with Crippen molar-refractivity contribution < 1.29 is 43.5 Å². The average Bonchev–Trinajstić information content (AvgIpc) is 2.92. The molecule has 1 aromatic carbocycles. The number of aliphatic hydroxyl groups excluding tert-OH is 1. The highest BCUT2D eigenvalue weighted by atomic mass is 16.6. The van der Waals surface area contributed by atoms with Crippen molar-refractivity contribution >= 4 is 17.7 Å². The third-order valence-corrected chi connectivity index (χ3v) is 11.7. The smallest absolute Gasteiger partial charge is 0.339 e. The van der Waals surface area contributed by atoms with Gasteiger partial charge in [0, 0.05) is 24.2 Å². The maximum atomic E-state index is 14.7. The van der Waals surface area contributed by atoms with Crippen molar-refractivity contribution in [2.45, 2.75) is 70.1 Å². The summed E-state index contributed by atoms with van der Waals surface area (Å²) >= 11 is 0. The van der Waals surface area contributed by atoms with Gasteiger partial charge < -0.3 is 29.2 Å². The third kappa shape index (κ3) is 2.55. The first kappa shape index (κ1) is 26.2. The van der Waals surface area contributed by atoms with Gasteiger partial charge in [0.2, 0.25) is 5.79 Å². The van der Waals surface area contributed by atoms with E-state index >= 15 is 0 Å². The second-order valence-corrected chi connectivity index (χ2v) is 13.4. The Hall–Kier alpha value is -2.75. The summed E-state index contributed by atoms with van der Waals surface area (Å²) in [5.41, 5.74) is -3.58. The van der Waals surface area contributed by atoms with E-state index in [9.17, 15) is 24.6 Å². The molecule has 1 aromatic rings. The molecule has 8 rings (SSSR count). The standard InChI is InChI=1S/C31H36O9/c1-15-19-10-11-20-28-14-38-31(36,24(33)23(28)27(3,4)13-12-21(28)39-16(2)32)29(20)22(19)30(15,26(29)35)40-25(34)17-6-8-18(37-5)9-7-17/h6-9,19-24,33,36H,1,10-14H2,2-5H3. The first-order chi connectivity index (χ1) is 18.8. The summed E-state index contributed by atoms with van der Waals surface area (Å²) in [6, 6.07) is 6.42. The normalized spacial score (nSPS) is 47.0. The van der Waals surface area contributed by atoms with E-state index < -0.39 is 75.3 Å². The van der Waals surface area contributed by atoms with Gasteiger partial charge in [-0.25, -0.2) is 4.79 Å². The van der Waals surface area contributed by atoms with Crippen molar-refractivity contribution in [2.24, 2.45) is 39.9 Å². The molecule has 0 aromatic heterocycles. The molecule has 2 spiro atoms. The van der Waals surface area contributed by atoms with Gasteiger partial charge in [-0.3, -0.25) is 9.59 Å². The lowest BCUT2D eigenvalue weighted by molar-refractivity contribution is -0.483.